The highest BCUT2D eigenvalue weighted by Gasteiger charge is 2.53. The molecule has 8 heteroatoms. The second-order valence-electron chi connectivity index (χ2n) is 7.45. The number of benzene rings is 2. The van der Waals surface area contributed by atoms with Crippen molar-refractivity contribution in [2.75, 3.05) is 7.11 Å². The normalized spacial score (nSPS) is 22.2. The predicted molar refractivity (Wildman–Crippen MR) is 102 cm³/mol. The van der Waals surface area contributed by atoms with E-state index in [1.807, 2.05) is 0 Å². The fourth-order valence-electron chi connectivity index (χ4n) is 4.42. The molecule has 0 fully saturated rings. The molecule has 2 aromatic carbocycles. The van der Waals surface area contributed by atoms with E-state index in [1.165, 1.54) is 12.1 Å². The van der Waals surface area contributed by atoms with Crippen molar-refractivity contribution >= 4 is 23.3 Å². The van der Waals surface area contributed by atoms with Crippen LogP contribution < -0.4 is 0 Å². The van der Waals surface area contributed by atoms with E-state index >= 15 is 0 Å². The first-order valence-corrected chi connectivity index (χ1v) is 9.31. The Morgan fingerprint density at radius 3 is 2.07 bits per heavy atom. The van der Waals surface area contributed by atoms with Crippen molar-refractivity contribution in [3.05, 3.63) is 57.6 Å². The van der Waals surface area contributed by atoms with Crippen LogP contribution in [-0.4, -0.2) is 51.3 Å². The molecule has 0 saturated carbocycles. The quantitative estimate of drug-likeness (QED) is 0.430. The highest BCUT2D eigenvalue weighted by Crippen LogP contribution is 2.52. The van der Waals surface area contributed by atoms with Crippen LogP contribution in [0.3, 0.4) is 0 Å². The summed E-state index contributed by atoms with van der Waals surface area (Å²) in [6.45, 7) is 1.55. The maximum Gasteiger partial charge on any atom is 0.316 e. The van der Waals surface area contributed by atoms with Gasteiger partial charge < -0.3 is 20.1 Å². The van der Waals surface area contributed by atoms with Crippen LogP contribution in [0.1, 0.15) is 73.4 Å². The van der Waals surface area contributed by atoms with Gasteiger partial charge in [-0.3, -0.25) is 19.2 Å². The monoisotopic (exact) mass is 410 g/mol. The van der Waals surface area contributed by atoms with Gasteiger partial charge in [-0.05, 0) is 6.42 Å². The van der Waals surface area contributed by atoms with Crippen LogP contribution in [0, 0.1) is 0 Å². The van der Waals surface area contributed by atoms with E-state index in [0.717, 1.165) is 7.11 Å². The lowest BCUT2D eigenvalue weighted by atomic mass is 9.67. The Kier molecular flexibility index (Phi) is 4.28. The van der Waals surface area contributed by atoms with Gasteiger partial charge in [-0.25, -0.2) is 0 Å². The summed E-state index contributed by atoms with van der Waals surface area (Å²) < 4.78 is 4.77. The number of fused-ring (bicyclic) bond motifs is 3. The number of hydrogen-bond acceptors (Lipinski definition) is 8. The summed E-state index contributed by atoms with van der Waals surface area (Å²) in [4.78, 5) is 51.5. The highest BCUT2D eigenvalue weighted by atomic mass is 16.5. The fraction of sp³-hybridized carbons (Fsp3) is 0.273. The van der Waals surface area contributed by atoms with Gasteiger partial charge in [-0.15, -0.1) is 0 Å². The second-order valence-corrected chi connectivity index (χ2v) is 7.45. The molecule has 3 N–H and O–H groups in total. The van der Waals surface area contributed by atoms with Crippen LogP contribution in [0.4, 0.5) is 0 Å². The average Bonchev–Trinajstić information content (AvgIpc) is 2.73. The Hall–Kier alpha value is -3.52. The van der Waals surface area contributed by atoms with Gasteiger partial charge in [0.15, 0.2) is 17.3 Å². The van der Waals surface area contributed by atoms with Crippen molar-refractivity contribution in [1.29, 1.82) is 0 Å². The van der Waals surface area contributed by atoms with Gasteiger partial charge in [0.05, 0.1) is 29.4 Å². The lowest BCUT2D eigenvalue weighted by Gasteiger charge is -2.39. The third kappa shape index (κ3) is 2.37. The molecule has 0 aromatic heterocycles. The fourth-order valence-corrected chi connectivity index (χ4v) is 4.42. The Balaban J connectivity index is 2.12. The van der Waals surface area contributed by atoms with Gasteiger partial charge in [0.2, 0.25) is 0 Å². The van der Waals surface area contributed by atoms with Crippen molar-refractivity contribution in [2.45, 2.75) is 31.3 Å². The van der Waals surface area contributed by atoms with Crippen LogP contribution in [0.15, 0.2) is 24.3 Å². The van der Waals surface area contributed by atoms with Crippen molar-refractivity contribution in [3.63, 3.8) is 0 Å². The number of aromatic hydroxyl groups is 2. The molecule has 0 saturated heterocycles. The van der Waals surface area contributed by atoms with Gasteiger partial charge in [-0.2, -0.15) is 0 Å². The van der Waals surface area contributed by atoms with Crippen molar-refractivity contribution < 1.29 is 39.2 Å². The van der Waals surface area contributed by atoms with Gasteiger partial charge in [-0.1, -0.05) is 31.2 Å². The van der Waals surface area contributed by atoms with E-state index < -0.39 is 75.0 Å². The third-order valence-electron chi connectivity index (χ3n) is 5.98. The Labute approximate surface area is 170 Å². The van der Waals surface area contributed by atoms with E-state index in [4.69, 9.17) is 4.74 Å². The van der Waals surface area contributed by atoms with E-state index in [0.29, 0.717) is 0 Å². The molecule has 0 spiro atoms. The number of phenolic OH excluding ortho intramolecular Hbond substituents is 2. The van der Waals surface area contributed by atoms with Crippen LogP contribution in [0.25, 0.3) is 0 Å². The van der Waals surface area contributed by atoms with Gasteiger partial charge in [0, 0.05) is 23.1 Å². The molecule has 2 aliphatic rings. The minimum absolute atomic E-state index is 0.0205. The standard InChI is InChI=1S/C22H18O8/c1-3-22(29)8-11(23)12-13(16(22)21(28)30-2)20(27)15-14(19(12)26)17(24)9-6-4-5-7-10(9)18(15)25/h4-7,16,26-27,29H,3,8H2,1-2H3/t16-,22?/m0/s1. The summed E-state index contributed by atoms with van der Waals surface area (Å²) in [6.07, 6.45) is -0.564. The molecule has 0 aliphatic heterocycles. The van der Waals surface area contributed by atoms with Crippen molar-refractivity contribution in [2.24, 2.45) is 0 Å². The zero-order valence-electron chi connectivity index (χ0n) is 16.2. The number of ketones is 3. The smallest absolute Gasteiger partial charge is 0.316 e. The first-order valence-electron chi connectivity index (χ1n) is 9.31. The molecule has 154 valence electrons. The number of methoxy groups -OCH3 is 1. The third-order valence-corrected chi connectivity index (χ3v) is 5.98. The summed E-state index contributed by atoms with van der Waals surface area (Å²) in [5.41, 5.74) is -3.70. The molecule has 1 unspecified atom stereocenters. The molecule has 4 rings (SSSR count). The lowest BCUT2D eigenvalue weighted by molar-refractivity contribution is -0.150. The van der Waals surface area contributed by atoms with Gasteiger partial charge >= 0.3 is 5.97 Å². The van der Waals surface area contributed by atoms with Crippen LogP contribution in [-0.2, 0) is 9.53 Å². The number of ether oxygens (including phenoxy) is 1. The van der Waals surface area contributed by atoms with Gasteiger partial charge in [0.1, 0.15) is 17.4 Å². The molecule has 0 amide bonds. The van der Waals surface area contributed by atoms with Crippen LogP contribution >= 0.6 is 0 Å². The van der Waals surface area contributed by atoms with Crippen molar-refractivity contribution in [3.8, 4) is 11.5 Å². The molecule has 8 nitrogen and oxygen atoms in total. The summed E-state index contributed by atoms with van der Waals surface area (Å²) in [7, 11) is 1.08. The number of rotatable bonds is 2. The number of esters is 1. The van der Waals surface area contributed by atoms with E-state index in [-0.39, 0.29) is 17.5 Å². The minimum atomic E-state index is -1.89. The number of phenols is 2. The van der Waals surface area contributed by atoms with Crippen LogP contribution in [0.5, 0.6) is 11.5 Å². The summed E-state index contributed by atoms with van der Waals surface area (Å²) in [5, 5.41) is 32.9. The van der Waals surface area contributed by atoms with E-state index in [2.05, 4.69) is 0 Å². The molecular formula is C22H18O8. The second kappa shape index (κ2) is 6.50. The molecule has 0 bridgehead atoms. The highest BCUT2D eigenvalue weighted by molar-refractivity contribution is 6.31. The largest absolute Gasteiger partial charge is 0.507 e. The summed E-state index contributed by atoms with van der Waals surface area (Å²) in [5.74, 6) is -6.28. The summed E-state index contributed by atoms with van der Waals surface area (Å²) in [6, 6.07) is 5.90. The number of carbonyl (C=O) groups is 4. The predicted octanol–water partition coefficient (Wildman–Crippen LogP) is 1.86. The maximum atomic E-state index is 13.1. The number of aliphatic hydroxyl groups is 1. The maximum absolute atomic E-state index is 13.1. The average molecular weight is 410 g/mol. The number of carbonyl (C=O) groups excluding carboxylic acids is 4. The van der Waals surface area contributed by atoms with E-state index in [9.17, 15) is 34.5 Å². The molecule has 0 heterocycles. The Bertz CT molecular complexity index is 1160. The number of Topliss-reactive ketones (excluding diaryl/α,β-unsaturated/α-hetero) is 1. The Morgan fingerprint density at radius 1 is 1.03 bits per heavy atom. The summed E-state index contributed by atoms with van der Waals surface area (Å²) >= 11 is 0. The van der Waals surface area contributed by atoms with Crippen molar-refractivity contribution in [1.82, 2.24) is 0 Å². The first-order chi connectivity index (χ1) is 14.2. The molecule has 30 heavy (non-hydrogen) atoms. The lowest BCUT2D eigenvalue weighted by Crippen LogP contribution is -2.46. The minimum Gasteiger partial charge on any atom is -0.507 e. The van der Waals surface area contributed by atoms with Gasteiger partial charge in [0.25, 0.3) is 0 Å². The molecule has 2 aromatic rings. The van der Waals surface area contributed by atoms with E-state index in [1.54, 1.807) is 19.1 Å². The number of hydrogen-bond donors (Lipinski definition) is 3. The zero-order valence-corrected chi connectivity index (χ0v) is 16.2. The molecule has 2 aliphatic carbocycles. The SMILES string of the molecule is CCC1(O)CC(=O)c2c(O)c3c(c(O)c2[C@H]1C(=O)OC)C(=O)c1ccccc1C3=O. The Morgan fingerprint density at radius 2 is 1.57 bits per heavy atom. The topological polar surface area (TPSA) is 138 Å². The zero-order chi connectivity index (χ0) is 22.0. The molecular weight excluding hydrogens is 392 g/mol. The van der Waals surface area contributed by atoms with Crippen LogP contribution in [0.2, 0.25) is 0 Å². The molecule has 0 radical (unpaired) electrons. The first kappa shape index (κ1) is 19.8. The molecule has 2 atom stereocenters.